The van der Waals surface area contributed by atoms with Gasteiger partial charge in [0.25, 0.3) is 0 Å². The fraction of sp³-hybridized carbons (Fsp3) is 0.600. The molecule has 2 amide bonds. The summed E-state index contributed by atoms with van der Waals surface area (Å²) in [6.07, 6.45) is -5.02. The maximum Gasteiger partial charge on any atom is 0.389 e. The van der Waals surface area contributed by atoms with E-state index in [1.54, 1.807) is 4.90 Å². The normalized spacial score (nSPS) is 16.3. The predicted molar refractivity (Wildman–Crippen MR) is 81.1 cm³/mol. The van der Waals surface area contributed by atoms with Crippen LogP contribution in [-0.2, 0) is 16.0 Å². The minimum atomic E-state index is -4.32. The van der Waals surface area contributed by atoms with Crippen LogP contribution in [0.4, 0.5) is 13.2 Å². The number of carbonyl (C=O) groups is 2. The third-order valence-electron chi connectivity index (χ3n) is 3.76. The number of amides is 2. The highest BCUT2D eigenvalue weighted by atomic mass is 32.1. The molecule has 0 saturated carbocycles. The highest BCUT2D eigenvalue weighted by Crippen LogP contribution is 2.22. The summed E-state index contributed by atoms with van der Waals surface area (Å²) in [5, 5.41) is 3.83. The van der Waals surface area contributed by atoms with Gasteiger partial charge in [0.05, 0.1) is 12.8 Å². The molecule has 4 nitrogen and oxygen atoms in total. The predicted octanol–water partition coefficient (Wildman–Crippen LogP) is 2.69. The zero-order valence-corrected chi connectivity index (χ0v) is 13.5. The standard InChI is InChI=1S/C15H19F3N2O2S/c16-15(17,18)4-2-13(21)19-5-1-6-20(8-7-19)14(22)10-12-3-9-23-11-12/h3,9,11H,1-2,4-8,10H2. The molecule has 0 unspecified atom stereocenters. The molecule has 0 radical (unpaired) electrons. The number of thiophene rings is 1. The summed E-state index contributed by atoms with van der Waals surface area (Å²) in [5.41, 5.74) is 0.961. The molecule has 1 aliphatic rings. The van der Waals surface area contributed by atoms with E-state index in [9.17, 15) is 22.8 Å². The smallest absolute Gasteiger partial charge is 0.341 e. The van der Waals surface area contributed by atoms with E-state index in [1.165, 1.54) is 16.2 Å². The minimum Gasteiger partial charge on any atom is -0.341 e. The van der Waals surface area contributed by atoms with Gasteiger partial charge in [0.2, 0.25) is 11.8 Å². The quantitative estimate of drug-likeness (QED) is 0.839. The second-order valence-electron chi connectivity index (χ2n) is 5.54. The van der Waals surface area contributed by atoms with Crippen LogP contribution in [0, 0.1) is 0 Å². The molecular weight excluding hydrogens is 329 g/mol. The summed E-state index contributed by atoms with van der Waals surface area (Å²) < 4.78 is 36.6. The first-order chi connectivity index (χ1) is 10.8. The molecule has 2 heterocycles. The molecule has 0 aromatic carbocycles. The molecule has 0 spiro atoms. The first kappa shape index (κ1) is 17.8. The van der Waals surface area contributed by atoms with E-state index in [0.29, 0.717) is 39.0 Å². The van der Waals surface area contributed by atoms with E-state index < -0.39 is 24.9 Å². The fourth-order valence-electron chi connectivity index (χ4n) is 2.50. The zero-order valence-electron chi connectivity index (χ0n) is 12.6. The molecule has 1 aromatic rings. The Morgan fingerprint density at radius 3 is 2.30 bits per heavy atom. The molecule has 128 valence electrons. The van der Waals surface area contributed by atoms with Gasteiger partial charge in [0.15, 0.2) is 0 Å². The molecule has 0 atom stereocenters. The fourth-order valence-corrected chi connectivity index (χ4v) is 3.17. The lowest BCUT2D eigenvalue weighted by molar-refractivity contribution is -0.149. The van der Waals surface area contributed by atoms with Crippen molar-refractivity contribution in [3.05, 3.63) is 22.4 Å². The van der Waals surface area contributed by atoms with Gasteiger partial charge < -0.3 is 9.80 Å². The van der Waals surface area contributed by atoms with Gasteiger partial charge in [-0.1, -0.05) is 0 Å². The molecule has 0 aliphatic carbocycles. The Labute approximate surface area is 136 Å². The molecule has 0 N–H and O–H groups in total. The summed E-state index contributed by atoms with van der Waals surface area (Å²) in [6.45, 7) is 1.61. The van der Waals surface area contributed by atoms with Crippen LogP contribution in [0.5, 0.6) is 0 Å². The third-order valence-corrected chi connectivity index (χ3v) is 4.49. The number of hydrogen-bond donors (Lipinski definition) is 0. The van der Waals surface area contributed by atoms with Gasteiger partial charge in [-0.3, -0.25) is 9.59 Å². The molecular formula is C15H19F3N2O2S. The van der Waals surface area contributed by atoms with Crippen molar-refractivity contribution in [1.82, 2.24) is 9.80 Å². The van der Waals surface area contributed by atoms with Crippen molar-refractivity contribution in [2.75, 3.05) is 26.2 Å². The number of halogens is 3. The monoisotopic (exact) mass is 348 g/mol. The minimum absolute atomic E-state index is 0.00649. The van der Waals surface area contributed by atoms with E-state index in [0.717, 1.165) is 5.56 Å². The average molecular weight is 348 g/mol. The molecule has 1 fully saturated rings. The number of rotatable bonds is 4. The van der Waals surface area contributed by atoms with E-state index in [1.807, 2.05) is 16.8 Å². The van der Waals surface area contributed by atoms with Crippen LogP contribution in [0.3, 0.4) is 0 Å². The molecule has 1 saturated heterocycles. The Hall–Kier alpha value is -1.57. The van der Waals surface area contributed by atoms with Gasteiger partial charge in [0.1, 0.15) is 0 Å². The van der Waals surface area contributed by atoms with Crippen molar-refractivity contribution in [2.45, 2.75) is 31.9 Å². The van der Waals surface area contributed by atoms with Crippen LogP contribution in [0.15, 0.2) is 16.8 Å². The first-order valence-electron chi connectivity index (χ1n) is 7.48. The Kier molecular flexibility index (Phi) is 6.04. The highest BCUT2D eigenvalue weighted by molar-refractivity contribution is 7.07. The number of carbonyl (C=O) groups excluding carboxylic acids is 2. The second-order valence-corrected chi connectivity index (χ2v) is 6.32. The summed E-state index contributed by atoms with van der Waals surface area (Å²) in [6, 6.07) is 1.90. The Balaban J connectivity index is 1.82. The van der Waals surface area contributed by atoms with Gasteiger partial charge in [0, 0.05) is 32.6 Å². The lowest BCUT2D eigenvalue weighted by Gasteiger charge is -2.22. The topological polar surface area (TPSA) is 40.6 Å². The van der Waals surface area contributed by atoms with Crippen molar-refractivity contribution in [3.8, 4) is 0 Å². The largest absolute Gasteiger partial charge is 0.389 e. The van der Waals surface area contributed by atoms with E-state index in [2.05, 4.69) is 0 Å². The van der Waals surface area contributed by atoms with Crippen molar-refractivity contribution >= 4 is 23.2 Å². The average Bonchev–Trinajstić information content (AvgIpc) is 2.85. The van der Waals surface area contributed by atoms with Crippen molar-refractivity contribution in [3.63, 3.8) is 0 Å². The molecule has 0 bridgehead atoms. The third kappa shape index (κ3) is 5.85. The number of hydrogen-bond acceptors (Lipinski definition) is 3. The van der Waals surface area contributed by atoms with Gasteiger partial charge in [-0.15, -0.1) is 0 Å². The van der Waals surface area contributed by atoms with Crippen LogP contribution in [-0.4, -0.2) is 54.0 Å². The maximum atomic E-state index is 12.2. The summed E-state index contributed by atoms with van der Waals surface area (Å²) >= 11 is 1.53. The lowest BCUT2D eigenvalue weighted by atomic mass is 10.2. The van der Waals surface area contributed by atoms with Gasteiger partial charge >= 0.3 is 6.18 Å². The highest BCUT2D eigenvalue weighted by Gasteiger charge is 2.30. The molecule has 23 heavy (non-hydrogen) atoms. The Morgan fingerprint density at radius 2 is 1.74 bits per heavy atom. The van der Waals surface area contributed by atoms with Crippen LogP contribution in [0.2, 0.25) is 0 Å². The van der Waals surface area contributed by atoms with Crippen LogP contribution < -0.4 is 0 Å². The number of nitrogens with zero attached hydrogens (tertiary/aromatic N) is 2. The molecule has 2 rings (SSSR count). The lowest BCUT2D eigenvalue weighted by Crippen LogP contribution is -2.38. The summed E-state index contributed by atoms with van der Waals surface area (Å²) in [4.78, 5) is 27.2. The van der Waals surface area contributed by atoms with Crippen LogP contribution in [0.1, 0.15) is 24.8 Å². The van der Waals surface area contributed by atoms with E-state index in [4.69, 9.17) is 0 Å². The van der Waals surface area contributed by atoms with Crippen LogP contribution in [0.25, 0.3) is 0 Å². The Bertz CT molecular complexity index is 531. The maximum absolute atomic E-state index is 12.2. The summed E-state index contributed by atoms with van der Waals surface area (Å²) in [5.74, 6) is -0.498. The molecule has 8 heteroatoms. The SMILES string of the molecule is O=C(CCC(F)(F)F)N1CCCN(C(=O)Cc2ccsc2)CC1. The summed E-state index contributed by atoms with van der Waals surface area (Å²) in [7, 11) is 0. The van der Waals surface area contributed by atoms with Gasteiger partial charge in [-0.05, 0) is 28.8 Å². The first-order valence-corrected chi connectivity index (χ1v) is 8.43. The second kappa shape index (κ2) is 7.81. The Morgan fingerprint density at radius 1 is 1.09 bits per heavy atom. The van der Waals surface area contributed by atoms with Crippen molar-refractivity contribution < 1.29 is 22.8 Å². The van der Waals surface area contributed by atoms with Crippen LogP contribution >= 0.6 is 11.3 Å². The number of alkyl halides is 3. The molecule has 1 aromatic heterocycles. The van der Waals surface area contributed by atoms with Crippen molar-refractivity contribution in [2.24, 2.45) is 0 Å². The zero-order chi connectivity index (χ0) is 16.9. The van der Waals surface area contributed by atoms with E-state index >= 15 is 0 Å². The van der Waals surface area contributed by atoms with Crippen molar-refractivity contribution in [1.29, 1.82) is 0 Å². The molecule has 1 aliphatic heterocycles. The van der Waals surface area contributed by atoms with Gasteiger partial charge in [-0.25, -0.2) is 0 Å². The van der Waals surface area contributed by atoms with E-state index in [-0.39, 0.29) is 5.91 Å². The van der Waals surface area contributed by atoms with Gasteiger partial charge in [-0.2, -0.15) is 24.5 Å².